The first-order valence-electron chi connectivity index (χ1n) is 4.60. The van der Waals surface area contributed by atoms with Crippen molar-refractivity contribution in [2.75, 3.05) is 26.7 Å². The molecule has 0 aliphatic carbocycles. The van der Waals surface area contributed by atoms with E-state index in [-0.39, 0.29) is 17.9 Å². The van der Waals surface area contributed by atoms with Crippen molar-refractivity contribution < 1.29 is 9.90 Å². The van der Waals surface area contributed by atoms with Crippen LogP contribution in [0, 0.1) is 5.41 Å². The molecule has 0 bridgehead atoms. The molecule has 13 heavy (non-hydrogen) atoms. The fourth-order valence-corrected chi connectivity index (χ4v) is 0.859. The molecular formula is C9H20N2O2. The van der Waals surface area contributed by atoms with Gasteiger partial charge in [-0.25, -0.2) is 0 Å². The summed E-state index contributed by atoms with van der Waals surface area (Å²) in [5, 5.41) is 14.6. The zero-order valence-electron chi connectivity index (χ0n) is 8.68. The Labute approximate surface area is 79.7 Å². The summed E-state index contributed by atoms with van der Waals surface area (Å²) in [6.45, 7) is 5.13. The van der Waals surface area contributed by atoms with Gasteiger partial charge in [-0.3, -0.25) is 4.79 Å². The van der Waals surface area contributed by atoms with E-state index in [4.69, 9.17) is 5.11 Å². The lowest BCUT2D eigenvalue weighted by molar-refractivity contribution is -0.119. The molecule has 0 spiro atoms. The van der Waals surface area contributed by atoms with Crippen LogP contribution in [-0.2, 0) is 4.79 Å². The minimum Gasteiger partial charge on any atom is -0.396 e. The molecule has 0 fully saturated rings. The van der Waals surface area contributed by atoms with Crippen molar-refractivity contribution in [2.24, 2.45) is 5.41 Å². The molecule has 0 saturated heterocycles. The Kier molecular flexibility index (Phi) is 5.66. The number of carbonyl (C=O) groups is 1. The van der Waals surface area contributed by atoms with Crippen LogP contribution in [0.3, 0.4) is 0 Å². The van der Waals surface area contributed by atoms with E-state index in [0.29, 0.717) is 13.1 Å². The molecule has 3 N–H and O–H groups in total. The fraction of sp³-hybridized carbons (Fsp3) is 0.889. The number of aliphatic hydroxyl groups is 1. The second kappa shape index (κ2) is 5.94. The lowest BCUT2D eigenvalue weighted by Crippen LogP contribution is -2.39. The van der Waals surface area contributed by atoms with Gasteiger partial charge in [-0.1, -0.05) is 13.8 Å². The second-order valence-corrected chi connectivity index (χ2v) is 3.60. The van der Waals surface area contributed by atoms with Gasteiger partial charge in [0.1, 0.15) is 0 Å². The molecule has 0 aromatic carbocycles. The van der Waals surface area contributed by atoms with E-state index in [2.05, 4.69) is 10.6 Å². The quantitative estimate of drug-likeness (QED) is 0.538. The van der Waals surface area contributed by atoms with Crippen LogP contribution in [-0.4, -0.2) is 37.8 Å². The van der Waals surface area contributed by atoms with Gasteiger partial charge in [-0.2, -0.15) is 0 Å². The van der Waals surface area contributed by atoms with Crippen LogP contribution in [0.5, 0.6) is 0 Å². The molecule has 4 heteroatoms. The molecule has 0 saturated carbocycles. The van der Waals surface area contributed by atoms with Crippen LogP contribution in [0.4, 0.5) is 0 Å². The number of rotatable bonds is 6. The van der Waals surface area contributed by atoms with Gasteiger partial charge in [0.2, 0.25) is 5.91 Å². The summed E-state index contributed by atoms with van der Waals surface area (Å²) in [6.07, 6.45) is 0.893. The average molecular weight is 188 g/mol. The summed E-state index contributed by atoms with van der Waals surface area (Å²) in [4.78, 5) is 10.8. The van der Waals surface area contributed by atoms with Crippen molar-refractivity contribution in [3.05, 3.63) is 0 Å². The van der Waals surface area contributed by atoms with Crippen LogP contribution in [0.1, 0.15) is 20.3 Å². The van der Waals surface area contributed by atoms with E-state index in [1.165, 1.54) is 0 Å². The van der Waals surface area contributed by atoms with Crippen molar-refractivity contribution in [3.8, 4) is 0 Å². The maximum atomic E-state index is 10.8. The van der Waals surface area contributed by atoms with E-state index < -0.39 is 0 Å². The molecule has 1 amide bonds. The molecule has 78 valence electrons. The summed E-state index contributed by atoms with van der Waals surface area (Å²) in [6, 6.07) is 0. The molecule has 1 atom stereocenters. The lowest BCUT2D eigenvalue weighted by Gasteiger charge is -2.25. The predicted octanol–water partition coefficient (Wildman–Crippen LogP) is -0.269. The van der Waals surface area contributed by atoms with Gasteiger partial charge in [0.15, 0.2) is 0 Å². The third kappa shape index (κ3) is 4.85. The van der Waals surface area contributed by atoms with Gasteiger partial charge in [0.05, 0.1) is 6.54 Å². The van der Waals surface area contributed by atoms with E-state index in [0.717, 1.165) is 6.42 Å². The smallest absolute Gasteiger partial charge is 0.233 e. The average Bonchev–Trinajstić information content (AvgIpc) is 2.17. The highest BCUT2D eigenvalue weighted by Crippen LogP contribution is 2.17. The minimum absolute atomic E-state index is 0.0311. The SMILES string of the molecule is CCC(C)(CO)CNCC(=O)NC. The lowest BCUT2D eigenvalue weighted by atomic mass is 9.89. The first-order valence-corrected chi connectivity index (χ1v) is 4.60. The standard InChI is InChI=1S/C9H20N2O2/c1-4-9(2,7-12)6-11-5-8(13)10-3/h11-12H,4-7H2,1-3H3,(H,10,13). The summed E-state index contributed by atoms with van der Waals surface area (Å²) >= 11 is 0. The van der Waals surface area contributed by atoms with Gasteiger partial charge < -0.3 is 15.7 Å². The monoisotopic (exact) mass is 188 g/mol. The van der Waals surface area contributed by atoms with Crippen molar-refractivity contribution in [1.29, 1.82) is 0 Å². The molecule has 0 aromatic heterocycles. The molecule has 0 heterocycles. The van der Waals surface area contributed by atoms with Crippen LogP contribution < -0.4 is 10.6 Å². The van der Waals surface area contributed by atoms with Gasteiger partial charge in [0.25, 0.3) is 0 Å². The summed E-state index contributed by atoms with van der Waals surface area (Å²) in [7, 11) is 1.61. The van der Waals surface area contributed by atoms with Crippen LogP contribution in [0.15, 0.2) is 0 Å². The van der Waals surface area contributed by atoms with E-state index in [1.807, 2.05) is 13.8 Å². The maximum Gasteiger partial charge on any atom is 0.233 e. The highest BCUT2D eigenvalue weighted by molar-refractivity contribution is 5.77. The summed E-state index contributed by atoms with van der Waals surface area (Å²) < 4.78 is 0. The van der Waals surface area contributed by atoms with Crippen molar-refractivity contribution in [1.82, 2.24) is 10.6 Å². The van der Waals surface area contributed by atoms with Crippen LogP contribution in [0.25, 0.3) is 0 Å². The zero-order chi connectivity index (χ0) is 10.3. The number of nitrogens with one attached hydrogen (secondary N) is 2. The number of hydrogen-bond donors (Lipinski definition) is 3. The number of carbonyl (C=O) groups excluding carboxylic acids is 1. The summed E-state index contributed by atoms with van der Waals surface area (Å²) in [5.74, 6) is -0.0311. The molecule has 0 aliphatic rings. The van der Waals surface area contributed by atoms with Crippen LogP contribution in [0.2, 0.25) is 0 Å². The Balaban J connectivity index is 3.67. The van der Waals surface area contributed by atoms with E-state index in [1.54, 1.807) is 7.05 Å². The molecule has 4 nitrogen and oxygen atoms in total. The zero-order valence-corrected chi connectivity index (χ0v) is 8.68. The first kappa shape index (κ1) is 12.4. The largest absolute Gasteiger partial charge is 0.396 e. The normalized spacial score (nSPS) is 15.1. The van der Waals surface area contributed by atoms with Gasteiger partial charge in [0, 0.05) is 25.6 Å². The molecule has 0 rings (SSSR count). The highest BCUT2D eigenvalue weighted by atomic mass is 16.3. The summed E-state index contributed by atoms with van der Waals surface area (Å²) in [5.41, 5.74) is -0.117. The van der Waals surface area contributed by atoms with Gasteiger partial charge in [-0.15, -0.1) is 0 Å². The Morgan fingerprint density at radius 3 is 2.54 bits per heavy atom. The maximum absolute atomic E-state index is 10.8. The number of aliphatic hydroxyl groups excluding tert-OH is 1. The minimum atomic E-state index is -0.117. The van der Waals surface area contributed by atoms with Crippen molar-refractivity contribution in [2.45, 2.75) is 20.3 Å². The van der Waals surface area contributed by atoms with Gasteiger partial charge >= 0.3 is 0 Å². The third-order valence-corrected chi connectivity index (χ3v) is 2.35. The molecule has 0 aromatic rings. The first-order chi connectivity index (χ1) is 6.08. The Bertz CT molecular complexity index is 156. The topological polar surface area (TPSA) is 61.4 Å². The molecule has 0 radical (unpaired) electrons. The third-order valence-electron chi connectivity index (χ3n) is 2.35. The number of amides is 1. The van der Waals surface area contributed by atoms with E-state index in [9.17, 15) is 4.79 Å². The molecule has 0 aliphatic heterocycles. The molecule has 1 unspecified atom stereocenters. The number of hydrogen-bond acceptors (Lipinski definition) is 3. The van der Waals surface area contributed by atoms with Crippen molar-refractivity contribution in [3.63, 3.8) is 0 Å². The fourth-order valence-electron chi connectivity index (χ4n) is 0.859. The Hall–Kier alpha value is -0.610. The Morgan fingerprint density at radius 2 is 2.15 bits per heavy atom. The van der Waals surface area contributed by atoms with Crippen molar-refractivity contribution >= 4 is 5.91 Å². The second-order valence-electron chi connectivity index (χ2n) is 3.60. The Morgan fingerprint density at radius 1 is 1.54 bits per heavy atom. The number of likely N-dealkylation sites (N-methyl/N-ethyl adjacent to an activating group) is 1. The van der Waals surface area contributed by atoms with E-state index >= 15 is 0 Å². The highest BCUT2D eigenvalue weighted by Gasteiger charge is 2.20. The van der Waals surface area contributed by atoms with Crippen LogP contribution >= 0.6 is 0 Å². The molecular weight excluding hydrogens is 168 g/mol. The van der Waals surface area contributed by atoms with Gasteiger partial charge in [-0.05, 0) is 6.42 Å². The predicted molar refractivity (Wildman–Crippen MR) is 52.4 cm³/mol.